The molecular formula is C15H18FNO4. The second kappa shape index (κ2) is 6.11. The molecule has 21 heavy (non-hydrogen) atoms. The van der Waals surface area contributed by atoms with E-state index in [0.29, 0.717) is 18.6 Å². The number of rotatable bonds is 5. The first kappa shape index (κ1) is 15.3. The number of carbonyl (C=O) groups excluding carboxylic acids is 2. The van der Waals surface area contributed by atoms with Gasteiger partial charge >= 0.3 is 5.97 Å². The number of hydrogen-bond donors (Lipinski definition) is 1. The van der Waals surface area contributed by atoms with E-state index < -0.39 is 11.6 Å². The Kier molecular flexibility index (Phi) is 4.45. The largest absolute Gasteiger partial charge is 0.476 e. The molecule has 0 aromatic heterocycles. The maximum absolute atomic E-state index is 12.8. The molecule has 1 saturated heterocycles. The zero-order valence-corrected chi connectivity index (χ0v) is 12.0. The normalized spacial score (nSPS) is 18.2. The Morgan fingerprint density at radius 2 is 2.05 bits per heavy atom. The van der Waals surface area contributed by atoms with E-state index in [0.717, 1.165) is 0 Å². The summed E-state index contributed by atoms with van der Waals surface area (Å²) in [5, 5.41) is 2.72. The average Bonchev–Trinajstić information content (AvgIpc) is 2.84. The molecule has 1 aliphatic heterocycles. The molecule has 1 aromatic rings. The summed E-state index contributed by atoms with van der Waals surface area (Å²) in [7, 11) is 0. The summed E-state index contributed by atoms with van der Waals surface area (Å²) >= 11 is 0. The second-order valence-electron chi connectivity index (χ2n) is 5.47. The highest BCUT2D eigenvalue weighted by atomic mass is 19.1. The van der Waals surface area contributed by atoms with Crippen LogP contribution in [-0.4, -0.2) is 30.1 Å². The number of amides is 1. The van der Waals surface area contributed by atoms with Gasteiger partial charge in [-0.3, -0.25) is 4.79 Å². The topological polar surface area (TPSA) is 64.6 Å². The SMILES string of the molecule is CC(C)(Oc1ccc(F)cc1)C(=O)OCC1CCC(=O)N1. The molecule has 1 atom stereocenters. The number of nitrogens with one attached hydrogen (secondary N) is 1. The van der Waals surface area contributed by atoms with E-state index in [1.165, 1.54) is 24.3 Å². The predicted molar refractivity (Wildman–Crippen MR) is 73.2 cm³/mol. The second-order valence-corrected chi connectivity index (χ2v) is 5.47. The molecule has 2 rings (SSSR count). The van der Waals surface area contributed by atoms with Gasteiger partial charge in [-0.2, -0.15) is 0 Å². The highest BCUT2D eigenvalue weighted by Gasteiger charge is 2.33. The van der Waals surface area contributed by atoms with E-state index in [2.05, 4.69) is 5.32 Å². The molecule has 0 radical (unpaired) electrons. The van der Waals surface area contributed by atoms with Crippen LogP contribution in [0.5, 0.6) is 5.75 Å². The van der Waals surface area contributed by atoms with Gasteiger partial charge in [0, 0.05) is 6.42 Å². The van der Waals surface area contributed by atoms with Crippen molar-refractivity contribution in [2.24, 2.45) is 0 Å². The van der Waals surface area contributed by atoms with Crippen LogP contribution >= 0.6 is 0 Å². The smallest absolute Gasteiger partial charge is 0.349 e. The van der Waals surface area contributed by atoms with Crippen LogP contribution in [0.2, 0.25) is 0 Å². The lowest BCUT2D eigenvalue weighted by Gasteiger charge is -2.25. The van der Waals surface area contributed by atoms with Crippen molar-refractivity contribution in [2.75, 3.05) is 6.61 Å². The van der Waals surface area contributed by atoms with Gasteiger partial charge in [0.05, 0.1) is 6.04 Å². The lowest BCUT2D eigenvalue weighted by atomic mass is 10.1. The Hall–Kier alpha value is -2.11. The highest BCUT2D eigenvalue weighted by molar-refractivity contribution is 5.80. The number of halogens is 1. The Labute approximate surface area is 122 Å². The molecule has 1 aliphatic rings. The highest BCUT2D eigenvalue weighted by Crippen LogP contribution is 2.20. The molecule has 1 unspecified atom stereocenters. The van der Waals surface area contributed by atoms with Crippen LogP contribution in [0.1, 0.15) is 26.7 Å². The molecule has 1 fully saturated rings. The summed E-state index contributed by atoms with van der Waals surface area (Å²) < 4.78 is 23.5. The summed E-state index contributed by atoms with van der Waals surface area (Å²) in [6.07, 6.45) is 1.11. The van der Waals surface area contributed by atoms with Gasteiger partial charge in [-0.15, -0.1) is 0 Å². The molecule has 5 nitrogen and oxygen atoms in total. The zero-order chi connectivity index (χ0) is 15.5. The fraction of sp³-hybridized carbons (Fsp3) is 0.467. The summed E-state index contributed by atoms with van der Waals surface area (Å²) in [6, 6.07) is 5.27. The number of esters is 1. The molecule has 114 valence electrons. The van der Waals surface area contributed by atoms with Crippen molar-refractivity contribution in [3.8, 4) is 5.75 Å². The zero-order valence-electron chi connectivity index (χ0n) is 12.0. The number of hydrogen-bond acceptors (Lipinski definition) is 4. The maximum atomic E-state index is 12.8. The molecule has 1 amide bonds. The van der Waals surface area contributed by atoms with Gasteiger partial charge in [-0.25, -0.2) is 9.18 Å². The Bertz CT molecular complexity index is 527. The van der Waals surface area contributed by atoms with E-state index in [1.54, 1.807) is 13.8 Å². The van der Waals surface area contributed by atoms with Crippen molar-refractivity contribution in [3.63, 3.8) is 0 Å². The van der Waals surface area contributed by atoms with E-state index in [9.17, 15) is 14.0 Å². The monoisotopic (exact) mass is 295 g/mol. The lowest BCUT2D eigenvalue weighted by molar-refractivity contribution is -0.160. The van der Waals surface area contributed by atoms with Crippen LogP contribution in [0.15, 0.2) is 24.3 Å². The lowest BCUT2D eigenvalue weighted by Crippen LogP contribution is -2.42. The van der Waals surface area contributed by atoms with Gasteiger partial charge in [-0.05, 0) is 44.5 Å². The van der Waals surface area contributed by atoms with Crippen LogP contribution in [-0.2, 0) is 14.3 Å². The van der Waals surface area contributed by atoms with Gasteiger partial charge in [0.15, 0.2) is 5.60 Å². The first-order valence-corrected chi connectivity index (χ1v) is 6.78. The van der Waals surface area contributed by atoms with Crippen molar-refractivity contribution in [1.29, 1.82) is 0 Å². The molecule has 0 spiro atoms. The van der Waals surface area contributed by atoms with E-state index in [-0.39, 0.29) is 24.4 Å². The van der Waals surface area contributed by atoms with Crippen LogP contribution in [0.3, 0.4) is 0 Å². The minimum atomic E-state index is -1.19. The Morgan fingerprint density at radius 1 is 1.38 bits per heavy atom. The number of carbonyl (C=O) groups is 2. The third kappa shape index (κ3) is 4.18. The Morgan fingerprint density at radius 3 is 2.62 bits per heavy atom. The number of ether oxygens (including phenoxy) is 2. The molecule has 6 heteroatoms. The van der Waals surface area contributed by atoms with Gasteiger partial charge in [-0.1, -0.05) is 0 Å². The summed E-state index contributed by atoms with van der Waals surface area (Å²) in [6.45, 7) is 3.28. The molecule has 0 bridgehead atoms. The third-order valence-electron chi connectivity index (χ3n) is 3.18. The van der Waals surface area contributed by atoms with Crippen molar-refractivity contribution in [3.05, 3.63) is 30.1 Å². The Balaban J connectivity index is 1.87. The maximum Gasteiger partial charge on any atom is 0.349 e. The minimum absolute atomic E-state index is 0.0297. The van der Waals surface area contributed by atoms with Crippen molar-refractivity contribution >= 4 is 11.9 Å². The minimum Gasteiger partial charge on any atom is -0.476 e. The molecular weight excluding hydrogens is 277 g/mol. The molecule has 1 N–H and O–H groups in total. The summed E-state index contributed by atoms with van der Waals surface area (Å²) in [5.74, 6) is -0.557. The van der Waals surface area contributed by atoms with E-state index in [1.807, 2.05) is 0 Å². The molecule has 1 heterocycles. The van der Waals surface area contributed by atoms with Crippen LogP contribution in [0.25, 0.3) is 0 Å². The van der Waals surface area contributed by atoms with Gasteiger partial charge in [0.2, 0.25) is 5.91 Å². The van der Waals surface area contributed by atoms with Crippen molar-refractivity contribution in [1.82, 2.24) is 5.32 Å². The van der Waals surface area contributed by atoms with Crippen molar-refractivity contribution < 1.29 is 23.5 Å². The fourth-order valence-corrected chi connectivity index (χ4v) is 1.99. The molecule has 1 aromatic carbocycles. The van der Waals surface area contributed by atoms with Crippen LogP contribution in [0.4, 0.5) is 4.39 Å². The predicted octanol–water partition coefficient (Wildman–Crippen LogP) is 1.80. The molecule has 0 saturated carbocycles. The summed E-state index contributed by atoms with van der Waals surface area (Å²) in [4.78, 5) is 23.1. The van der Waals surface area contributed by atoms with Gasteiger partial charge in [0.1, 0.15) is 18.2 Å². The molecule has 0 aliphatic carbocycles. The van der Waals surface area contributed by atoms with Gasteiger partial charge < -0.3 is 14.8 Å². The van der Waals surface area contributed by atoms with Crippen molar-refractivity contribution in [2.45, 2.75) is 38.3 Å². The first-order chi connectivity index (χ1) is 9.87. The van der Waals surface area contributed by atoms with E-state index >= 15 is 0 Å². The quantitative estimate of drug-likeness (QED) is 0.841. The van der Waals surface area contributed by atoms with E-state index in [4.69, 9.17) is 9.47 Å². The first-order valence-electron chi connectivity index (χ1n) is 6.78. The fourth-order valence-electron chi connectivity index (χ4n) is 1.99. The third-order valence-corrected chi connectivity index (χ3v) is 3.18. The average molecular weight is 295 g/mol. The van der Waals surface area contributed by atoms with Crippen LogP contribution in [0, 0.1) is 5.82 Å². The van der Waals surface area contributed by atoms with Gasteiger partial charge in [0.25, 0.3) is 0 Å². The van der Waals surface area contributed by atoms with Crippen LogP contribution < -0.4 is 10.1 Å². The summed E-state index contributed by atoms with van der Waals surface area (Å²) in [5.41, 5.74) is -1.19. The number of benzene rings is 1. The standard InChI is InChI=1S/C15H18FNO4/c1-15(2,21-12-6-3-10(16)4-7-12)14(19)20-9-11-5-8-13(18)17-11/h3-4,6-7,11H,5,8-9H2,1-2H3,(H,17,18).